The van der Waals surface area contributed by atoms with Gasteiger partial charge in [0, 0.05) is 29.8 Å². The molecule has 0 unspecified atom stereocenters. The van der Waals surface area contributed by atoms with Crippen LogP contribution in [0.2, 0.25) is 0 Å². The number of hydrogen-bond acceptors (Lipinski definition) is 2. The van der Waals surface area contributed by atoms with Crippen LogP contribution in [0.25, 0.3) is 10.9 Å². The van der Waals surface area contributed by atoms with Gasteiger partial charge in [0.25, 0.3) is 0 Å². The number of hydrogen-bond donors (Lipinski definition) is 3. The maximum Gasteiger partial charge on any atom is 0.0500 e. The Bertz CT molecular complexity index is 493. The predicted molar refractivity (Wildman–Crippen MR) is 73.3 cm³/mol. The van der Waals surface area contributed by atoms with Crippen LogP contribution >= 0.6 is 12.4 Å². The van der Waals surface area contributed by atoms with Crippen LogP contribution in [-0.4, -0.2) is 16.7 Å². The van der Waals surface area contributed by atoms with Gasteiger partial charge >= 0.3 is 0 Å². The van der Waals surface area contributed by atoms with Gasteiger partial charge < -0.3 is 15.8 Å². The van der Waals surface area contributed by atoms with Crippen molar-refractivity contribution in [3.63, 3.8) is 0 Å². The molecule has 0 aliphatic rings. The van der Waals surface area contributed by atoms with Crippen LogP contribution in [0.4, 0.5) is 0 Å². The van der Waals surface area contributed by atoms with Crippen LogP contribution in [0.5, 0.6) is 0 Å². The summed E-state index contributed by atoms with van der Waals surface area (Å²) < 4.78 is 0. The minimum atomic E-state index is -0.302. The molecule has 0 amide bonds. The van der Waals surface area contributed by atoms with Crippen molar-refractivity contribution in [1.82, 2.24) is 4.98 Å². The van der Waals surface area contributed by atoms with E-state index < -0.39 is 0 Å². The fourth-order valence-corrected chi connectivity index (χ4v) is 1.81. The Balaban J connectivity index is 0.00000144. The van der Waals surface area contributed by atoms with Gasteiger partial charge in [-0.25, -0.2) is 0 Å². The van der Waals surface area contributed by atoms with E-state index >= 15 is 0 Å². The van der Waals surface area contributed by atoms with E-state index in [-0.39, 0.29) is 30.5 Å². The lowest BCUT2D eigenvalue weighted by atomic mass is 9.81. The molecule has 94 valence electrons. The van der Waals surface area contributed by atoms with Crippen LogP contribution in [0.15, 0.2) is 30.5 Å². The molecular formula is C13H19ClN2O. The van der Waals surface area contributed by atoms with E-state index in [1.165, 1.54) is 0 Å². The van der Waals surface area contributed by atoms with Gasteiger partial charge in [-0.2, -0.15) is 0 Å². The maximum atomic E-state index is 9.31. The summed E-state index contributed by atoms with van der Waals surface area (Å²) in [4.78, 5) is 3.15. The Labute approximate surface area is 107 Å². The molecule has 0 saturated heterocycles. The van der Waals surface area contributed by atoms with Crippen molar-refractivity contribution < 1.29 is 5.11 Å². The first-order chi connectivity index (χ1) is 7.54. The van der Waals surface area contributed by atoms with Crippen molar-refractivity contribution in [2.75, 3.05) is 6.61 Å². The number of H-pyrrole nitrogens is 1. The molecule has 0 saturated carbocycles. The number of aliphatic hydroxyl groups is 1. The number of fused-ring (bicyclic) bond motifs is 1. The van der Waals surface area contributed by atoms with Crippen LogP contribution < -0.4 is 5.73 Å². The summed E-state index contributed by atoms with van der Waals surface area (Å²) in [5, 5.41) is 10.5. The highest BCUT2D eigenvalue weighted by Crippen LogP contribution is 2.31. The van der Waals surface area contributed by atoms with Crippen molar-refractivity contribution in [3.8, 4) is 0 Å². The number of rotatable bonds is 3. The number of halogens is 1. The number of nitrogens with one attached hydrogen (secondary N) is 1. The van der Waals surface area contributed by atoms with E-state index in [4.69, 9.17) is 5.73 Å². The van der Waals surface area contributed by atoms with Gasteiger partial charge in [-0.3, -0.25) is 0 Å². The molecule has 0 radical (unpaired) electrons. The van der Waals surface area contributed by atoms with E-state index in [0.717, 1.165) is 16.5 Å². The molecule has 4 N–H and O–H groups in total. The molecule has 0 fully saturated rings. The van der Waals surface area contributed by atoms with Crippen molar-refractivity contribution in [2.45, 2.75) is 19.9 Å². The Morgan fingerprint density at radius 2 is 2.06 bits per heavy atom. The Kier molecular flexibility index (Phi) is 4.20. The normalized spacial score (nSPS) is 13.4. The molecule has 0 aliphatic carbocycles. The van der Waals surface area contributed by atoms with Crippen molar-refractivity contribution in [2.24, 2.45) is 11.1 Å². The minimum absolute atomic E-state index is 0. The Hall–Kier alpha value is -1.03. The average Bonchev–Trinajstić information content (AvgIpc) is 2.74. The molecular weight excluding hydrogens is 236 g/mol. The number of aromatic amines is 1. The lowest BCUT2D eigenvalue weighted by molar-refractivity contribution is 0.132. The molecule has 1 aromatic carbocycles. The summed E-state index contributed by atoms with van der Waals surface area (Å²) in [6, 6.07) is 7.99. The molecule has 1 aromatic heterocycles. The first-order valence-electron chi connectivity index (χ1n) is 5.48. The first-order valence-corrected chi connectivity index (χ1v) is 5.48. The van der Waals surface area contributed by atoms with Gasteiger partial charge in [-0.05, 0) is 29.1 Å². The first kappa shape index (κ1) is 14.0. The molecule has 2 rings (SSSR count). The van der Waals surface area contributed by atoms with E-state index in [1.54, 1.807) is 0 Å². The second-order valence-corrected chi connectivity index (χ2v) is 4.95. The lowest BCUT2D eigenvalue weighted by Crippen LogP contribution is -2.32. The van der Waals surface area contributed by atoms with Gasteiger partial charge in [0.05, 0.1) is 0 Å². The van der Waals surface area contributed by atoms with Gasteiger partial charge in [-0.1, -0.05) is 19.9 Å². The lowest BCUT2D eigenvalue weighted by Gasteiger charge is -2.29. The van der Waals surface area contributed by atoms with Gasteiger partial charge in [0.1, 0.15) is 0 Å². The zero-order chi connectivity index (χ0) is 11.8. The average molecular weight is 255 g/mol. The maximum absolute atomic E-state index is 9.31. The molecule has 17 heavy (non-hydrogen) atoms. The van der Waals surface area contributed by atoms with E-state index in [0.29, 0.717) is 0 Å². The quantitative estimate of drug-likeness (QED) is 0.789. The Morgan fingerprint density at radius 1 is 1.35 bits per heavy atom. The van der Waals surface area contributed by atoms with E-state index in [9.17, 15) is 5.11 Å². The zero-order valence-corrected chi connectivity index (χ0v) is 10.9. The summed E-state index contributed by atoms with van der Waals surface area (Å²) in [6.45, 7) is 4.03. The highest BCUT2D eigenvalue weighted by atomic mass is 35.5. The second-order valence-electron chi connectivity index (χ2n) is 4.95. The third-order valence-electron chi connectivity index (χ3n) is 3.19. The van der Waals surface area contributed by atoms with Crippen molar-refractivity contribution in [1.29, 1.82) is 0 Å². The molecule has 2 aromatic rings. The fourth-order valence-electron chi connectivity index (χ4n) is 1.81. The number of nitrogens with two attached hydrogens (primary N) is 1. The topological polar surface area (TPSA) is 62.0 Å². The summed E-state index contributed by atoms with van der Waals surface area (Å²) in [6.07, 6.45) is 1.91. The van der Waals surface area contributed by atoms with Crippen LogP contribution in [0, 0.1) is 5.41 Å². The summed E-state index contributed by atoms with van der Waals surface area (Å²) in [5.41, 5.74) is 8.04. The third-order valence-corrected chi connectivity index (χ3v) is 3.19. The number of aliphatic hydroxyl groups excluding tert-OH is 1. The highest BCUT2D eigenvalue weighted by molar-refractivity contribution is 5.85. The van der Waals surface area contributed by atoms with Gasteiger partial charge in [0.15, 0.2) is 0 Å². The summed E-state index contributed by atoms with van der Waals surface area (Å²) >= 11 is 0. The summed E-state index contributed by atoms with van der Waals surface area (Å²) in [7, 11) is 0. The summed E-state index contributed by atoms with van der Waals surface area (Å²) in [5.74, 6) is 0. The Morgan fingerprint density at radius 3 is 2.71 bits per heavy atom. The smallest absolute Gasteiger partial charge is 0.0500 e. The number of benzene rings is 1. The molecule has 0 bridgehead atoms. The molecule has 3 nitrogen and oxygen atoms in total. The van der Waals surface area contributed by atoms with E-state index in [2.05, 4.69) is 11.1 Å². The van der Waals surface area contributed by atoms with Crippen LogP contribution in [0.1, 0.15) is 25.5 Å². The minimum Gasteiger partial charge on any atom is -0.396 e. The van der Waals surface area contributed by atoms with E-state index in [1.807, 2.05) is 38.2 Å². The predicted octanol–water partition coefficient (Wildman–Crippen LogP) is 2.61. The van der Waals surface area contributed by atoms with Crippen LogP contribution in [0.3, 0.4) is 0 Å². The fraction of sp³-hybridized carbons (Fsp3) is 0.385. The SMILES string of the molecule is CC(C)(CO)[C@H](N)c1ccc2[nH]ccc2c1.Cl. The van der Waals surface area contributed by atoms with Gasteiger partial charge in [-0.15, -0.1) is 12.4 Å². The molecule has 0 spiro atoms. The molecule has 1 atom stereocenters. The standard InChI is InChI=1S/C13H18N2O.ClH/c1-13(2,8-16)12(14)10-3-4-11-9(7-10)5-6-15-11;/h3-7,12,15-16H,8,14H2,1-2H3;1H/t12-;/m1./s1. The van der Waals surface area contributed by atoms with Crippen molar-refractivity contribution >= 4 is 23.3 Å². The highest BCUT2D eigenvalue weighted by Gasteiger charge is 2.26. The zero-order valence-electron chi connectivity index (χ0n) is 10.1. The largest absolute Gasteiger partial charge is 0.396 e. The number of aromatic nitrogens is 1. The van der Waals surface area contributed by atoms with Crippen LogP contribution in [-0.2, 0) is 0 Å². The monoisotopic (exact) mass is 254 g/mol. The molecule has 0 aliphatic heterocycles. The molecule has 4 heteroatoms. The molecule has 1 heterocycles. The van der Waals surface area contributed by atoms with Gasteiger partial charge in [0.2, 0.25) is 0 Å². The van der Waals surface area contributed by atoms with Crippen molar-refractivity contribution in [3.05, 3.63) is 36.0 Å². The third kappa shape index (κ3) is 2.63. The second kappa shape index (κ2) is 5.08.